The van der Waals surface area contributed by atoms with Crippen molar-refractivity contribution < 1.29 is 46.8 Å². The Morgan fingerprint density at radius 1 is 0.889 bits per heavy atom. The van der Waals surface area contributed by atoms with Gasteiger partial charge >= 0.3 is 26.7 Å². The lowest BCUT2D eigenvalue weighted by Crippen LogP contribution is -2.41. The molecule has 2 aromatic rings. The first-order valence-electron chi connectivity index (χ1n) is 10.3. The van der Waals surface area contributed by atoms with Gasteiger partial charge in [-0.2, -0.15) is 0 Å². The van der Waals surface area contributed by atoms with Gasteiger partial charge < -0.3 is 28.5 Å². The first kappa shape index (κ1) is 30.2. The Bertz CT molecular complexity index is 1090. The van der Waals surface area contributed by atoms with E-state index in [1.807, 2.05) is 27.7 Å². The molecule has 2 aromatic carbocycles. The maximum absolute atomic E-state index is 14.1. The van der Waals surface area contributed by atoms with Crippen molar-refractivity contribution in [3.63, 3.8) is 0 Å². The third kappa shape index (κ3) is 6.65. The van der Waals surface area contributed by atoms with E-state index in [4.69, 9.17) is 14.3 Å². The molecular weight excluding hydrogens is 612 g/mol. The Morgan fingerprint density at radius 2 is 1.33 bits per heavy atom. The van der Waals surface area contributed by atoms with Crippen LogP contribution in [-0.4, -0.2) is 57.2 Å². The van der Waals surface area contributed by atoms with E-state index in [1.165, 1.54) is 19.2 Å². The summed E-state index contributed by atoms with van der Waals surface area (Å²) in [5.74, 6) is -2.94. The van der Waals surface area contributed by atoms with Crippen LogP contribution in [0.3, 0.4) is 0 Å². The van der Waals surface area contributed by atoms with E-state index in [0.717, 1.165) is 13.2 Å². The number of hydrogen-bond acceptors (Lipinski definition) is 8. The van der Waals surface area contributed by atoms with Gasteiger partial charge in [-0.3, -0.25) is 0 Å². The number of hydrogen-bond donors (Lipinski definition) is 1. The Morgan fingerprint density at radius 3 is 1.72 bits per heavy atom. The maximum atomic E-state index is 14.1. The molecule has 8 nitrogen and oxygen atoms in total. The molecule has 1 N–H and O–H groups in total. The first-order valence-corrected chi connectivity index (χ1v) is 11.9. The van der Waals surface area contributed by atoms with Crippen LogP contribution in [0.1, 0.15) is 48.4 Å². The molecule has 0 saturated carbocycles. The predicted octanol–water partition coefficient (Wildman–Crippen LogP) is 3.95. The predicted molar refractivity (Wildman–Crippen MR) is 135 cm³/mol. The van der Waals surface area contributed by atoms with Crippen LogP contribution in [-0.2, 0) is 18.8 Å². The van der Waals surface area contributed by atoms with Gasteiger partial charge in [0.05, 0.1) is 25.4 Å². The molecule has 0 bridgehead atoms. The fourth-order valence-corrected chi connectivity index (χ4v) is 4.17. The Labute approximate surface area is 225 Å². The van der Waals surface area contributed by atoms with E-state index in [0.29, 0.717) is 17.6 Å². The van der Waals surface area contributed by atoms with Crippen LogP contribution in [0, 0.1) is 11.6 Å². The van der Waals surface area contributed by atoms with Gasteiger partial charge in [0.25, 0.3) is 0 Å². The topological polar surface area (TPSA) is 101 Å². The molecule has 1 saturated heterocycles. The summed E-state index contributed by atoms with van der Waals surface area (Å²) in [4.78, 5) is 22.7. The number of ether oxygens (including phenoxy) is 2. The maximum Gasteiger partial charge on any atom is 0.569 e. The van der Waals surface area contributed by atoms with Crippen molar-refractivity contribution in [3.05, 3.63) is 56.0 Å². The zero-order chi connectivity index (χ0) is 27.4. The number of carbonyl (C=O) groups excluding carboxylic acids is 2. The molecule has 0 aromatic heterocycles. The standard InChI is InChI=1S/C14H17BBrFO4.C8H6BBrFO4/c1-13(2)14(3,4)21-15(20-13)8-6-9(16)11(10(17)7-8)12(18)19-5;1-14-8(12)7-5(10)2-4(15-9-13)3-6(7)11/h6-7H,1-5H3;2-3,13H,1H3. The molecule has 0 spiro atoms. The van der Waals surface area contributed by atoms with Crippen molar-refractivity contribution >= 4 is 64.1 Å². The highest BCUT2D eigenvalue weighted by Crippen LogP contribution is 2.37. The molecule has 193 valence electrons. The van der Waals surface area contributed by atoms with Crippen LogP contribution in [0.25, 0.3) is 0 Å². The van der Waals surface area contributed by atoms with Crippen molar-refractivity contribution in [3.8, 4) is 5.75 Å². The van der Waals surface area contributed by atoms with E-state index >= 15 is 0 Å². The van der Waals surface area contributed by atoms with Crippen LogP contribution >= 0.6 is 31.9 Å². The lowest BCUT2D eigenvalue weighted by Gasteiger charge is -2.32. The molecule has 1 radical (unpaired) electrons. The van der Waals surface area contributed by atoms with Gasteiger partial charge in [-0.1, -0.05) is 0 Å². The highest BCUT2D eigenvalue weighted by Gasteiger charge is 2.52. The number of esters is 2. The van der Waals surface area contributed by atoms with Crippen LogP contribution in [0.15, 0.2) is 33.2 Å². The van der Waals surface area contributed by atoms with Gasteiger partial charge in [0.15, 0.2) is 0 Å². The average molecular weight is 635 g/mol. The molecule has 0 unspecified atom stereocenters. The summed E-state index contributed by atoms with van der Waals surface area (Å²) in [5.41, 5.74) is -0.880. The highest BCUT2D eigenvalue weighted by atomic mass is 79.9. The van der Waals surface area contributed by atoms with Crippen molar-refractivity contribution in [1.29, 1.82) is 0 Å². The molecule has 1 aliphatic rings. The van der Waals surface area contributed by atoms with Crippen LogP contribution in [0.4, 0.5) is 8.78 Å². The minimum atomic E-state index is -0.798. The van der Waals surface area contributed by atoms with Crippen LogP contribution < -0.4 is 10.1 Å². The fourth-order valence-electron chi connectivity index (χ4n) is 2.98. The van der Waals surface area contributed by atoms with Gasteiger partial charge in [-0.15, -0.1) is 0 Å². The van der Waals surface area contributed by atoms with E-state index in [1.54, 1.807) is 6.07 Å². The normalized spacial score (nSPS) is 15.5. The number of benzene rings is 2. The highest BCUT2D eigenvalue weighted by molar-refractivity contribution is 9.10. The third-order valence-electron chi connectivity index (χ3n) is 5.57. The zero-order valence-electron chi connectivity index (χ0n) is 20.3. The molecule has 14 heteroatoms. The smallest absolute Gasteiger partial charge is 0.537 e. The molecule has 1 fully saturated rings. The van der Waals surface area contributed by atoms with Crippen molar-refractivity contribution in [2.45, 2.75) is 38.9 Å². The molecule has 0 aliphatic carbocycles. The van der Waals surface area contributed by atoms with Crippen molar-refractivity contribution in [2.75, 3.05) is 14.2 Å². The summed E-state index contributed by atoms with van der Waals surface area (Å²) in [6.07, 6.45) is 0. The van der Waals surface area contributed by atoms with Crippen molar-refractivity contribution in [1.82, 2.24) is 0 Å². The quantitative estimate of drug-likeness (QED) is 0.390. The second-order valence-corrected chi connectivity index (χ2v) is 10.1. The summed E-state index contributed by atoms with van der Waals surface area (Å²) in [6, 6.07) is 5.14. The summed E-state index contributed by atoms with van der Waals surface area (Å²) in [5, 5.41) is 8.35. The number of rotatable bonds is 5. The number of carbonyl (C=O) groups is 2. The number of halogens is 4. The Kier molecular flexibility index (Phi) is 10.1. The first-order chi connectivity index (χ1) is 16.7. The second-order valence-electron chi connectivity index (χ2n) is 8.42. The van der Waals surface area contributed by atoms with Gasteiger partial charge in [0.1, 0.15) is 28.5 Å². The van der Waals surface area contributed by atoms with E-state index in [2.05, 4.69) is 46.0 Å². The summed E-state index contributed by atoms with van der Waals surface area (Å²) < 4.78 is 53.2. The Hall–Kier alpha value is -1.99. The largest absolute Gasteiger partial charge is 0.569 e. The summed E-state index contributed by atoms with van der Waals surface area (Å²) in [7, 11) is 2.09. The summed E-state index contributed by atoms with van der Waals surface area (Å²) >= 11 is 6.18. The lowest BCUT2D eigenvalue weighted by atomic mass is 9.78. The van der Waals surface area contributed by atoms with Gasteiger partial charge in [-0.25, -0.2) is 18.4 Å². The minimum Gasteiger partial charge on any atom is -0.537 e. The van der Waals surface area contributed by atoms with Crippen LogP contribution in [0.5, 0.6) is 5.75 Å². The zero-order valence-corrected chi connectivity index (χ0v) is 23.5. The van der Waals surface area contributed by atoms with Gasteiger partial charge in [0, 0.05) is 15.0 Å². The Balaban J connectivity index is 0.000000269. The fraction of sp³-hybridized carbons (Fsp3) is 0.364. The molecule has 0 amide bonds. The monoisotopic (exact) mass is 633 g/mol. The lowest BCUT2D eigenvalue weighted by molar-refractivity contribution is 0.00578. The molecule has 3 rings (SSSR count). The van der Waals surface area contributed by atoms with Crippen molar-refractivity contribution in [2.24, 2.45) is 0 Å². The average Bonchev–Trinajstić information content (AvgIpc) is 3.00. The number of methoxy groups -OCH3 is 2. The van der Waals surface area contributed by atoms with Gasteiger partial charge in [-0.05, 0) is 83.2 Å². The SMILES string of the molecule is COC(=O)c1c(F)cc(B2OC(C)(C)C(C)(C)O2)cc1Br.COC(=O)c1c(F)cc(O[B]O)cc1Br. The second kappa shape index (κ2) is 12.0. The molecule has 1 aliphatic heterocycles. The van der Waals surface area contributed by atoms with Crippen LogP contribution in [0.2, 0.25) is 0 Å². The summed E-state index contributed by atoms with van der Waals surface area (Å²) in [6.45, 7) is 7.67. The molecule has 0 atom stereocenters. The van der Waals surface area contributed by atoms with E-state index in [9.17, 15) is 18.4 Å². The molecule has 1 heterocycles. The molecular formula is C22H23B2Br2F2O8. The van der Waals surface area contributed by atoms with Gasteiger partial charge in [0.2, 0.25) is 0 Å². The minimum absolute atomic E-state index is 0.0644. The van der Waals surface area contributed by atoms with E-state index in [-0.39, 0.29) is 21.3 Å². The van der Waals surface area contributed by atoms with E-state index < -0.39 is 41.9 Å². The third-order valence-corrected chi connectivity index (χ3v) is 6.82. The molecule has 36 heavy (non-hydrogen) atoms.